The molecular formula is C18H20BrNO4S. The molecule has 2 aromatic carbocycles. The number of hydrogen-bond donors (Lipinski definition) is 1. The number of rotatable bonds is 6. The summed E-state index contributed by atoms with van der Waals surface area (Å²) in [5, 5.41) is 0. The lowest BCUT2D eigenvalue weighted by atomic mass is 10.2. The van der Waals surface area contributed by atoms with Crippen LogP contribution in [0.25, 0.3) is 0 Å². The van der Waals surface area contributed by atoms with Gasteiger partial charge >= 0.3 is 5.97 Å². The van der Waals surface area contributed by atoms with E-state index in [0.29, 0.717) is 4.47 Å². The highest BCUT2D eigenvalue weighted by Crippen LogP contribution is 2.22. The molecule has 0 amide bonds. The van der Waals surface area contributed by atoms with Gasteiger partial charge in [-0.1, -0.05) is 29.8 Å². The van der Waals surface area contributed by atoms with Crippen LogP contribution in [-0.4, -0.2) is 20.4 Å². The van der Waals surface area contributed by atoms with Gasteiger partial charge in [-0.25, -0.2) is 17.9 Å². The molecule has 25 heavy (non-hydrogen) atoms. The van der Waals surface area contributed by atoms with Crippen molar-refractivity contribution in [2.45, 2.75) is 38.3 Å². The Kier molecular flexibility index (Phi) is 6.37. The molecule has 0 saturated carbocycles. The van der Waals surface area contributed by atoms with Crippen molar-refractivity contribution in [1.29, 1.82) is 0 Å². The van der Waals surface area contributed by atoms with Crippen LogP contribution in [-0.2, 0) is 21.4 Å². The van der Waals surface area contributed by atoms with E-state index >= 15 is 0 Å². The maximum atomic E-state index is 12.3. The molecule has 134 valence electrons. The monoisotopic (exact) mass is 425 g/mol. The van der Waals surface area contributed by atoms with Gasteiger partial charge in [-0.05, 0) is 60.5 Å². The van der Waals surface area contributed by atoms with Crippen LogP contribution in [0.4, 0.5) is 0 Å². The quantitative estimate of drug-likeness (QED) is 0.714. The first-order valence-electron chi connectivity index (χ1n) is 7.73. The maximum Gasteiger partial charge on any atom is 0.339 e. The van der Waals surface area contributed by atoms with E-state index in [-0.39, 0.29) is 23.1 Å². The highest BCUT2D eigenvalue weighted by atomic mass is 79.9. The number of carbonyl (C=O) groups excluding carboxylic acids is 1. The molecule has 0 aliphatic heterocycles. The third-order valence-electron chi connectivity index (χ3n) is 3.35. The average Bonchev–Trinajstić information content (AvgIpc) is 2.53. The molecule has 0 aliphatic rings. The van der Waals surface area contributed by atoms with Crippen molar-refractivity contribution in [2.75, 3.05) is 0 Å². The Bertz CT molecular complexity index is 861. The molecule has 0 bridgehead atoms. The number of halogens is 1. The van der Waals surface area contributed by atoms with Gasteiger partial charge in [0.25, 0.3) is 0 Å². The Hall–Kier alpha value is -1.70. The fourth-order valence-corrected chi connectivity index (χ4v) is 3.80. The van der Waals surface area contributed by atoms with Crippen molar-refractivity contribution < 1.29 is 17.9 Å². The van der Waals surface area contributed by atoms with E-state index in [4.69, 9.17) is 4.74 Å². The van der Waals surface area contributed by atoms with Crippen molar-refractivity contribution in [3.8, 4) is 0 Å². The van der Waals surface area contributed by atoms with E-state index < -0.39 is 16.0 Å². The van der Waals surface area contributed by atoms with Crippen LogP contribution >= 0.6 is 15.9 Å². The predicted molar refractivity (Wildman–Crippen MR) is 99.9 cm³/mol. The third kappa shape index (κ3) is 5.39. The average molecular weight is 426 g/mol. The molecule has 2 aromatic rings. The number of aryl methyl sites for hydroxylation is 1. The van der Waals surface area contributed by atoms with Crippen LogP contribution < -0.4 is 4.72 Å². The summed E-state index contributed by atoms with van der Waals surface area (Å²) < 4.78 is 32.8. The van der Waals surface area contributed by atoms with Gasteiger partial charge in [0.1, 0.15) is 6.61 Å². The molecule has 7 heteroatoms. The lowest BCUT2D eigenvalue weighted by Crippen LogP contribution is -2.30. The summed E-state index contributed by atoms with van der Waals surface area (Å²) in [5.41, 5.74) is 2.15. The summed E-state index contributed by atoms with van der Waals surface area (Å²) in [6.45, 7) is 5.55. The Morgan fingerprint density at radius 1 is 1.16 bits per heavy atom. The standard InChI is InChI=1S/C18H20BrNO4S/c1-12(2)20-25(22,23)15-8-9-17(19)16(10-15)18(21)24-11-14-6-4-13(3)5-7-14/h4-10,12,20H,11H2,1-3H3. The smallest absolute Gasteiger partial charge is 0.339 e. The first-order valence-corrected chi connectivity index (χ1v) is 10.0. The third-order valence-corrected chi connectivity index (χ3v) is 5.70. The molecular weight excluding hydrogens is 406 g/mol. The second-order valence-electron chi connectivity index (χ2n) is 5.98. The molecule has 0 heterocycles. The summed E-state index contributed by atoms with van der Waals surface area (Å²) in [6, 6.07) is 11.7. The number of carbonyl (C=O) groups is 1. The number of hydrogen-bond acceptors (Lipinski definition) is 4. The first kappa shape index (κ1) is 19.6. The van der Waals surface area contributed by atoms with Gasteiger partial charge in [-0.3, -0.25) is 0 Å². The fraction of sp³-hybridized carbons (Fsp3) is 0.278. The van der Waals surface area contributed by atoms with Crippen molar-refractivity contribution in [1.82, 2.24) is 4.72 Å². The van der Waals surface area contributed by atoms with Gasteiger partial charge in [0.05, 0.1) is 10.5 Å². The Labute approximate surface area is 156 Å². The summed E-state index contributed by atoms with van der Waals surface area (Å²) in [4.78, 5) is 12.4. The summed E-state index contributed by atoms with van der Waals surface area (Å²) in [6.07, 6.45) is 0. The minimum atomic E-state index is -3.68. The Morgan fingerprint density at radius 2 is 1.80 bits per heavy atom. The van der Waals surface area contributed by atoms with E-state index in [9.17, 15) is 13.2 Å². The predicted octanol–water partition coefficient (Wildman–Crippen LogP) is 3.80. The van der Waals surface area contributed by atoms with Crippen molar-refractivity contribution in [2.24, 2.45) is 0 Å². The lowest BCUT2D eigenvalue weighted by molar-refractivity contribution is 0.0471. The second-order valence-corrected chi connectivity index (χ2v) is 8.55. The molecule has 0 radical (unpaired) electrons. The normalized spacial score (nSPS) is 11.6. The van der Waals surface area contributed by atoms with Gasteiger partial charge in [-0.2, -0.15) is 0 Å². The van der Waals surface area contributed by atoms with Gasteiger partial charge in [0.15, 0.2) is 0 Å². The molecule has 0 unspecified atom stereocenters. The highest BCUT2D eigenvalue weighted by molar-refractivity contribution is 9.10. The zero-order valence-electron chi connectivity index (χ0n) is 14.2. The van der Waals surface area contributed by atoms with Crippen LogP contribution in [0.5, 0.6) is 0 Å². The zero-order valence-corrected chi connectivity index (χ0v) is 16.6. The number of benzene rings is 2. The van der Waals surface area contributed by atoms with Crippen LogP contribution in [0, 0.1) is 6.92 Å². The number of ether oxygens (including phenoxy) is 1. The van der Waals surface area contributed by atoms with Crippen molar-refractivity contribution >= 4 is 31.9 Å². The van der Waals surface area contributed by atoms with Crippen LogP contribution in [0.1, 0.15) is 35.3 Å². The number of esters is 1. The van der Waals surface area contributed by atoms with E-state index in [0.717, 1.165) is 11.1 Å². The minimum absolute atomic E-state index is 0.0201. The minimum Gasteiger partial charge on any atom is -0.457 e. The van der Waals surface area contributed by atoms with Gasteiger partial charge in [-0.15, -0.1) is 0 Å². The number of nitrogens with one attached hydrogen (secondary N) is 1. The van der Waals surface area contributed by atoms with E-state index in [1.165, 1.54) is 18.2 Å². The van der Waals surface area contributed by atoms with E-state index in [1.807, 2.05) is 31.2 Å². The highest BCUT2D eigenvalue weighted by Gasteiger charge is 2.20. The van der Waals surface area contributed by atoms with E-state index in [2.05, 4.69) is 20.7 Å². The fourth-order valence-electron chi connectivity index (χ4n) is 2.12. The molecule has 0 aliphatic carbocycles. The molecule has 2 rings (SSSR count). The SMILES string of the molecule is Cc1ccc(COC(=O)c2cc(S(=O)(=O)NC(C)C)ccc2Br)cc1. The van der Waals surface area contributed by atoms with Gasteiger partial charge in [0.2, 0.25) is 10.0 Å². The van der Waals surface area contributed by atoms with Crippen LogP contribution in [0.15, 0.2) is 51.8 Å². The van der Waals surface area contributed by atoms with Crippen LogP contribution in [0.2, 0.25) is 0 Å². The summed E-state index contributed by atoms with van der Waals surface area (Å²) >= 11 is 3.27. The largest absolute Gasteiger partial charge is 0.457 e. The van der Waals surface area contributed by atoms with Crippen molar-refractivity contribution in [3.05, 3.63) is 63.6 Å². The lowest BCUT2D eigenvalue weighted by Gasteiger charge is -2.12. The Morgan fingerprint density at radius 3 is 2.40 bits per heavy atom. The van der Waals surface area contributed by atoms with E-state index in [1.54, 1.807) is 13.8 Å². The molecule has 0 spiro atoms. The summed E-state index contributed by atoms with van der Waals surface area (Å²) in [5.74, 6) is -0.589. The molecule has 5 nitrogen and oxygen atoms in total. The number of sulfonamides is 1. The molecule has 0 saturated heterocycles. The zero-order chi connectivity index (χ0) is 18.6. The first-order chi connectivity index (χ1) is 11.7. The molecule has 0 atom stereocenters. The van der Waals surface area contributed by atoms with Gasteiger partial charge < -0.3 is 4.74 Å². The topological polar surface area (TPSA) is 72.5 Å². The Balaban J connectivity index is 2.19. The second kappa shape index (κ2) is 8.12. The summed E-state index contributed by atoms with van der Waals surface area (Å²) in [7, 11) is -3.68. The van der Waals surface area contributed by atoms with Crippen LogP contribution in [0.3, 0.4) is 0 Å². The maximum absolute atomic E-state index is 12.3. The van der Waals surface area contributed by atoms with Gasteiger partial charge in [0, 0.05) is 10.5 Å². The molecule has 0 aromatic heterocycles. The molecule has 0 fully saturated rings. The molecule has 1 N–H and O–H groups in total. The van der Waals surface area contributed by atoms with Crippen molar-refractivity contribution in [3.63, 3.8) is 0 Å².